The maximum absolute atomic E-state index is 14.1. The number of benzene rings is 4. The van der Waals surface area contributed by atoms with Gasteiger partial charge in [-0.1, -0.05) is 98.8 Å². The van der Waals surface area contributed by atoms with Crippen molar-refractivity contribution in [1.82, 2.24) is 9.97 Å². The van der Waals surface area contributed by atoms with Crippen LogP contribution in [0, 0.1) is 0 Å². The quantitative estimate of drug-likeness (QED) is 0.238. The van der Waals surface area contributed by atoms with Crippen molar-refractivity contribution in [3.05, 3.63) is 143 Å². The molecule has 176 valence electrons. The number of aromatic amines is 2. The molecule has 6 aromatic rings. The monoisotopic (exact) mass is 468 g/mol. The van der Waals surface area contributed by atoms with Crippen LogP contribution in [0.15, 0.2) is 109 Å². The van der Waals surface area contributed by atoms with E-state index in [4.69, 9.17) is 0 Å². The minimum absolute atomic E-state index is 0.0690. The first-order valence-electron chi connectivity index (χ1n) is 12.5. The van der Waals surface area contributed by atoms with Crippen molar-refractivity contribution in [3.63, 3.8) is 0 Å². The smallest absolute Gasteiger partial charge is 0.193 e. The van der Waals surface area contributed by atoms with Gasteiger partial charge in [-0.3, -0.25) is 4.79 Å². The predicted octanol–water partition coefficient (Wildman–Crippen LogP) is 8.18. The van der Waals surface area contributed by atoms with Crippen LogP contribution < -0.4 is 0 Å². The van der Waals surface area contributed by atoms with Gasteiger partial charge in [0.15, 0.2) is 5.78 Å². The van der Waals surface area contributed by atoms with Crippen LogP contribution in [0.2, 0.25) is 0 Å². The summed E-state index contributed by atoms with van der Waals surface area (Å²) in [5, 5.41) is 2.39. The topological polar surface area (TPSA) is 48.6 Å². The number of ketones is 1. The molecule has 0 saturated carbocycles. The number of para-hydroxylation sites is 2. The van der Waals surface area contributed by atoms with Gasteiger partial charge < -0.3 is 9.97 Å². The fourth-order valence-corrected chi connectivity index (χ4v) is 5.55. The Morgan fingerprint density at radius 2 is 0.917 bits per heavy atom. The van der Waals surface area contributed by atoms with E-state index in [9.17, 15) is 4.79 Å². The Morgan fingerprint density at radius 3 is 1.39 bits per heavy atom. The van der Waals surface area contributed by atoms with Gasteiger partial charge in [0.25, 0.3) is 0 Å². The van der Waals surface area contributed by atoms with Crippen molar-refractivity contribution in [2.45, 2.75) is 25.7 Å². The molecular formula is C33H28N2O. The average Bonchev–Trinajstić information content (AvgIpc) is 3.57. The van der Waals surface area contributed by atoms with Gasteiger partial charge in [-0.25, -0.2) is 0 Å². The predicted molar refractivity (Wildman–Crippen MR) is 148 cm³/mol. The lowest BCUT2D eigenvalue weighted by Crippen LogP contribution is -2.12. The largest absolute Gasteiger partial charge is 0.361 e. The van der Waals surface area contributed by atoms with E-state index in [2.05, 4.69) is 84.7 Å². The molecular weight excluding hydrogens is 440 g/mol. The molecule has 0 bridgehead atoms. The highest BCUT2D eigenvalue weighted by molar-refractivity contribution is 6.11. The lowest BCUT2D eigenvalue weighted by Gasteiger charge is -2.19. The van der Waals surface area contributed by atoms with E-state index in [-0.39, 0.29) is 17.6 Å². The maximum Gasteiger partial charge on any atom is 0.193 e. The maximum atomic E-state index is 14.1. The van der Waals surface area contributed by atoms with Crippen molar-refractivity contribution in [2.24, 2.45) is 0 Å². The SMILES string of the molecule is CC(c1ccccc1C(=O)c1ccccc1C(C)c1c[nH]c2ccccc12)c1c[nH]c2ccccc12. The molecule has 36 heavy (non-hydrogen) atoms. The van der Waals surface area contributed by atoms with Crippen LogP contribution in [-0.4, -0.2) is 15.8 Å². The Bertz CT molecular complexity index is 1580. The first kappa shape index (κ1) is 22.1. The van der Waals surface area contributed by atoms with E-state index in [0.29, 0.717) is 0 Å². The number of carbonyl (C=O) groups excluding carboxylic acids is 1. The third-order valence-corrected chi connectivity index (χ3v) is 7.52. The third-order valence-electron chi connectivity index (χ3n) is 7.52. The van der Waals surface area contributed by atoms with Gasteiger partial charge in [-0.2, -0.15) is 0 Å². The second-order valence-corrected chi connectivity index (χ2v) is 9.53. The zero-order chi connectivity index (χ0) is 24.6. The fraction of sp³-hybridized carbons (Fsp3) is 0.121. The van der Waals surface area contributed by atoms with E-state index in [1.807, 2.05) is 48.5 Å². The summed E-state index contributed by atoms with van der Waals surface area (Å²) in [6.45, 7) is 4.37. The number of nitrogens with one attached hydrogen (secondary N) is 2. The summed E-state index contributed by atoms with van der Waals surface area (Å²) in [5.41, 5.74) is 8.23. The molecule has 2 heterocycles. The lowest BCUT2D eigenvalue weighted by atomic mass is 9.83. The second-order valence-electron chi connectivity index (χ2n) is 9.53. The number of rotatable bonds is 6. The Balaban J connectivity index is 1.42. The Hall–Kier alpha value is -4.37. The second kappa shape index (κ2) is 9.01. The number of hydrogen-bond donors (Lipinski definition) is 2. The van der Waals surface area contributed by atoms with Gasteiger partial charge in [0.05, 0.1) is 0 Å². The van der Waals surface area contributed by atoms with Crippen molar-refractivity contribution >= 4 is 27.6 Å². The zero-order valence-corrected chi connectivity index (χ0v) is 20.5. The van der Waals surface area contributed by atoms with Crippen LogP contribution in [0.1, 0.15) is 63.9 Å². The van der Waals surface area contributed by atoms with Gasteiger partial charge in [-0.15, -0.1) is 0 Å². The summed E-state index contributed by atoms with van der Waals surface area (Å²) in [6, 6.07) is 32.7. The van der Waals surface area contributed by atoms with E-state index in [1.54, 1.807) is 0 Å². The summed E-state index contributed by atoms with van der Waals surface area (Å²) in [4.78, 5) is 20.9. The molecule has 2 N–H and O–H groups in total. The van der Waals surface area contributed by atoms with Gasteiger partial charge in [0.2, 0.25) is 0 Å². The number of hydrogen-bond acceptors (Lipinski definition) is 1. The van der Waals surface area contributed by atoms with E-state index in [0.717, 1.165) is 33.3 Å². The minimum atomic E-state index is 0.0690. The highest BCUT2D eigenvalue weighted by atomic mass is 16.1. The van der Waals surface area contributed by atoms with Gasteiger partial charge >= 0.3 is 0 Å². The van der Waals surface area contributed by atoms with Crippen molar-refractivity contribution in [2.75, 3.05) is 0 Å². The molecule has 4 aromatic carbocycles. The molecule has 2 unspecified atom stereocenters. The van der Waals surface area contributed by atoms with Gasteiger partial charge in [0, 0.05) is 57.2 Å². The molecule has 0 saturated heterocycles. The van der Waals surface area contributed by atoms with Gasteiger partial charge in [-0.05, 0) is 34.4 Å². The van der Waals surface area contributed by atoms with Gasteiger partial charge in [0.1, 0.15) is 0 Å². The first-order chi connectivity index (χ1) is 17.6. The highest BCUT2D eigenvalue weighted by Crippen LogP contribution is 2.36. The van der Waals surface area contributed by atoms with E-state index < -0.39 is 0 Å². The number of carbonyl (C=O) groups is 1. The molecule has 0 radical (unpaired) electrons. The number of aromatic nitrogens is 2. The lowest BCUT2D eigenvalue weighted by molar-refractivity contribution is 0.103. The minimum Gasteiger partial charge on any atom is -0.361 e. The van der Waals surface area contributed by atoms with Crippen molar-refractivity contribution in [3.8, 4) is 0 Å². The van der Waals surface area contributed by atoms with Crippen LogP contribution in [0.3, 0.4) is 0 Å². The van der Waals surface area contributed by atoms with Crippen LogP contribution in [-0.2, 0) is 0 Å². The summed E-state index contributed by atoms with van der Waals surface area (Å²) in [5.74, 6) is 0.207. The van der Waals surface area contributed by atoms with E-state index in [1.165, 1.54) is 21.9 Å². The molecule has 0 amide bonds. The molecule has 0 fully saturated rings. The van der Waals surface area contributed by atoms with Crippen LogP contribution >= 0.6 is 0 Å². The molecule has 3 nitrogen and oxygen atoms in total. The Kier molecular flexibility index (Phi) is 5.54. The number of fused-ring (bicyclic) bond motifs is 2. The summed E-state index contributed by atoms with van der Waals surface area (Å²) < 4.78 is 0. The van der Waals surface area contributed by atoms with Crippen LogP contribution in [0.25, 0.3) is 21.8 Å². The number of H-pyrrole nitrogens is 2. The fourth-order valence-electron chi connectivity index (χ4n) is 5.55. The van der Waals surface area contributed by atoms with Crippen molar-refractivity contribution < 1.29 is 4.79 Å². The van der Waals surface area contributed by atoms with Crippen LogP contribution in [0.4, 0.5) is 0 Å². The molecule has 6 rings (SSSR count). The molecule has 0 aliphatic heterocycles. The summed E-state index contributed by atoms with van der Waals surface area (Å²) >= 11 is 0. The molecule has 2 aromatic heterocycles. The summed E-state index contributed by atoms with van der Waals surface area (Å²) in [6.07, 6.45) is 4.15. The standard InChI is InChI=1S/C33H28N2O/c1-21(29-19-34-31-17-9-7-13-25(29)31)23-11-3-5-15-27(23)33(36)28-16-6-4-12-24(28)22(2)30-20-35-32-18-10-8-14-26(30)32/h3-22,34-35H,1-2H3. The Labute approximate surface area is 210 Å². The molecule has 3 heteroatoms. The van der Waals surface area contributed by atoms with Crippen LogP contribution in [0.5, 0.6) is 0 Å². The first-order valence-corrected chi connectivity index (χ1v) is 12.5. The molecule has 0 spiro atoms. The molecule has 2 atom stereocenters. The average molecular weight is 469 g/mol. The van der Waals surface area contributed by atoms with E-state index >= 15 is 0 Å². The zero-order valence-electron chi connectivity index (χ0n) is 20.5. The third kappa shape index (κ3) is 3.64. The Morgan fingerprint density at radius 1 is 0.528 bits per heavy atom. The highest BCUT2D eigenvalue weighted by Gasteiger charge is 2.24. The normalized spacial score (nSPS) is 13.2. The van der Waals surface area contributed by atoms with Crippen molar-refractivity contribution in [1.29, 1.82) is 0 Å². The molecule has 0 aliphatic rings. The summed E-state index contributed by atoms with van der Waals surface area (Å²) in [7, 11) is 0. The molecule has 0 aliphatic carbocycles.